The van der Waals surface area contributed by atoms with Crippen LogP contribution in [0.15, 0.2) is 189 Å². The van der Waals surface area contributed by atoms with Gasteiger partial charge < -0.3 is 26.0 Å². The van der Waals surface area contributed by atoms with Crippen molar-refractivity contribution >= 4 is 123 Å². The number of benzene rings is 5. The summed E-state index contributed by atoms with van der Waals surface area (Å²) < 4.78 is 115. The quantitative estimate of drug-likeness (QED) is 0.0245. The molecule has 3 atom stereocenters. The van der Waals surface area contributed by atoms with E-state index in [0.717, 1.165) is 129 Å². The van der Waals surface area contributed by atoms with Crippen LogP contribution in [0.3, 0.4) is 0 Å². The third kappa shape index (κ3) is 23.1. The molecule has 0 bridgehead atoms. The fourth-order valence-corrected chi connectivity index (χ4v) is 24.0. The maximum atomic E-state index is 14.5. The SMILES string of the molecule is CCOC(=O)c1cc2c(s1)CCCn1ncc(F)c1-2.CCOC(=O)c1cc2c(s1)CCCn1nccc1-2.NC[C@@H](CC(=O)c1cc2c(s1)CCCn1ncc(F)c1-2)Cc1cccc(F)c1.N[C@@H](Cc1cccc(F)c1)CN1C(=O)c2ccccc2C1=O.O=C(C[C@@H](Cc1cccc(F)c1)CN1C(=O)c2ccccc2C1=O)c1cc2c(s1)CCCn1ncc(F)c1-2.O=C(O)c1cc2c(s1)CCCn1ncc(F)c1-2.S. The van der Waals surface area contributed by atoms with Crippen LogP contribution in [0.5, 0.6) is 0 Å². The van der Waals surface area contributed by atoms with E-state index in [4.69, 9.17) is 26.0 Å². The number of hydrogen-bond acceptors (Lipinski definition) is 23. The van der Waals surface area contributed by atoms with E-state index in [1.807, 2.05) is 36.0 Å². The molecule has 0 aliphatic carbocycles. The lowest BCUT2D eigenvalue weighted by molar-refractivity contribution is 0.0522. The number of thiophene rings is 5. The second-order valence-electron chi connectivity index (χ2n) is 34.7. The fourth-order valence-electron chi connectivity index (χ4n) is 18.5. The Bertz CT molecular complexity index is 7230. The Hall–Kier alpha value is -13.5. The Morgan fingerprint density at radius 3 is 1.08 bits per heavy atom. The number of carboxylic acid groups (broad SMARTS) is 1. The Labute approximate surface area is 843 Å². The van der Waals surface area contributed by atoms with Crippen molar-refractivity contribution in [3.63, 3.8) is 0 Å². The first-order valence-electron chi connectivity index (χ1n) is 46.4. The van der Waals surface area contributed by atoms with Gasteiger partial charge in [0, 0.05) is 123 Å². The third-order valence-corrected chi connectivity index (χ3v) is 30.9. The molecular formula is C104H97F7N14O12S6. The molecule has 0 saturated carbocycles. The zero-order valence-corrected chi connectivity index (χ0v) is 82.5. The maximum Gasteiger partial charge on any atom is 0.348 e. The molecule has 4 amide bonds. The minimum absolute atomic E-state index is 0. The molecule has 0 radical (unpaired) electrons. The Morgan fingerprint density at radius 2 is 0.706 bits per heavy atom. The predicted molar refractivity (Wildman–Crippen MR) is 534 cm³/mol. The number of ketones is 2. The summed E-state index contributed by atoms with van der Waals surface area (Å²) >= 11 is 6.95. The molecule has 15 aromatic rings. The lowest BCUT2D eigenvalue weighted by Gasteiger charge is -2.22. The standard InChI is InChI=1S/C29H23F2N3O3S.C21H21F2N3OS.C17H15FN2O2.C13H13FN2O2S.C13H14N2O2S.C11H9FN2O2S.H2S/c30-19-6-3-5-17(12-19)11-18(16-33-28(36)20-7-1-2-8-21(20)29(33)37)13-24(35)26-14-22-25(38-26)9-4-10-34-27(22)23(31)15-32-34;22-15-4-1-3-13(8-15)7-14(11-24)9-18(27)20-10-16-19(28-20)5-2-6-26-21(16)17(23)12-25-26;18-12-5-3-4-11(8-12)9-13(19)10-20-16(21)14-6-1-2-7-15(14)17(20)22;1-2-18-13(17)11-6-8-10(19-11)4-3-5-16-12(8)9(14)7-15-16;1-2-17-13(16)12-8-9-10-5-6-14-15(10)7-3-4-11(9)18-12;12-7-5-13-14-3-1-2-8-6(10(7)14)4-9(17-8)11(15)16;/h1-3,5-8,12,14-15,18H,4,9-11,13,16H2;1,3-4,8,10,12,14H,2,5-7,9,11,24H2;1-8,13H,9-10,19H2;6-7H,2-5H2,1H3;5-6,8H,2-4,7H2,1H3;4-5H,1-3H2,(H,15,16);1H2/t18-;14-;13-;;;;/m110..../s1. The summed E-state index contributed by atoms with van der Waals surface area (Å²) in [5, 5.41) is 29.5. The van der Waals surface area contributed by atoms with E-state index in [9.17, 15) is 73.9 Å². The summed E-state index contributed by atoms with van der Waals surface area (Å²) in [5.41, 5.74) is 22.6. The van der Waals surface area contributed by atoms with Crippen LogP contribution >= 0.6 is 70.2 Å². The summed E-state index contributed by atoms with van der Waals surface area (Å²) in [4.78, 5) is 121. The topological polar surface area (TPSA) is 340 Å². The van der Waals surface area contributed by atoms with Crippen LogP contribution in [0.2, 0.25) is 0 Å². The van der Waals surface area contributed by atoms with Crippen LogP contribution in [-0.2, 0) is 93.6 Å². The minimum Gasteiger partial charge on any atom is -0.477 e. The van der Waals surface area contributed by atoms with Gasteiger partial charge in [-0.1, -0.05) is 60.7 Å². The number of Topliss-reactive ketones (excluding diaryl/α,β-unsaturated/α-hetero) is 2. The molecule has 0 spiro atoms. The number of nitrogens with zero attached hydrogens (tertiary/aromatic N) is 12. The van der Waals surface area contributed by atoms with Crippen molar-refractivity contribution in [1.82, 2.24) is 58.7 Å². The Balaban J connectivity index is 0.000000126. The number of carbonyl (C=O) groups excluding carboxylic acids is 8. The first-order chi connectivity index (χ1) is 68.6. The molecule has 26 nitrogen and oxygen atoms in total. The average molecular weight is 2060 g/mol. The Kier molecular flexibility index (Phi) is 32.8. The maximum absolute atomic E-state index is 14.5. The lowest BCUT2D eigenvalue weighted by Crippen LogP contribution is -2.41. The molecule has 39 heteroatoms. The number of esters is 2. The van der Waals surface area contributed by atoms with E-state index in [1.165, 1.54) is 116 Å². The smallest absolute Gasteiger partial charge is 0.348 e. The van der Waals surface area contributed by atoms with Crippen molar-refractivity contribution in [3.05, 3.63) is 317 Å². The normalized spacial score (nSPS) is 14.3. The number of imide groups is 2. The van der Waals surface area contributed by atoms with Gasteiger partial charge in [0.15, 0.2) is 34.8 Å². The average Bonchev–Trinajstić information content (AvgIpc) is 1.75. The number of nitrogens with two attached hydrogens (primary N) is 2. The number of fused-ring (bicyclic) bond motifs is 17. The van der Waals surface area contributed by atoms with E-state index in [2.05, 4.69) is 25.5 Å². The van der Waals surface area contributed by atoms with Crippen molar-refractivity contribution in [2.24, 2.45) is 23.3 Å². The van der Waals surface area contributed by atoms with Gasteiger partial charge in [-0.2, -0.15) is 39.0 Å². The van der Waals surface area contributed by atoms with Gasteiger partial charge >= 0.3 is 17.9 Å². The highest BCUT2D eigenvalue weighted by Gasteiger charge is 2.40. The van der Waals surface area contributed by atoms with Crippen molar-refractivity contribution in [2.45, 2.75) is 149 Å². The van der Waals surface area contributed by atoms with Gasteiger partial charge in [0.25, 0.3) is 23.6 Å². The van der Waals surface area contributed by atoms with Gasteiger partial charge in [0.05, 0.1) is 75.7 Å². The number of carbonyl (C=O) groups is 9. The fraction of sp³-hybridized carbons (Fsp3) is 0.288. The molecule has 0 fully saturated rings. The molecule has 7 aliphatic rings. The third-order valence-electron chi connectivity index (χ3n) is 24.9. The molecule has 5 N–H and O–H groups in total. The number of halogens is 7. The number of rotatable bonds is 22. The highest BCUT2D eigenvalue weighted by atomic mass is 32.1. The van der Waals surface area contributed by atoms with E-state index < -0.39 is 41.4 Å². The van der Waals surface area contributed by atoms with Gasteiger partial charge in [-0.05, 0) is 229 Å². The number of carboxylic acids is 1. The number of aryl methyl sites for hydroxylation is 10. The molecule has 0 saturated heterocycles. The molecule has 17 heterocycles. The predicted octanol–water partition coefficient (Wildman–Crippen LogP) is 19.9. The van der Waals surface area contributed by atoms with E-state index in [-0.39, 0.29) is 115 Å². The largest absolute Gasteiger partial charge is 0.477 e. The zero-order valence-electron chi connectivity index (χ0n) is 77.5. The molecular weight excluding hydrogens is 1960 g/mol. The van der Waals surface area contributed by atoms with Gasteiger partial charge in [0.1, 0.15) is 54.9 Å². The second-order valence-corrected chi connectivity index (χ2v) is 40.4. The highest BCUT2D eigenvalue weighted by Crippen LogP contribution is 2.44. The van der Waals surface area contributed by atoms with Crippen molar-refractivity contribution in [1.29, 1.82) is 0 Å². The highest BCUT2D eigenvalue weighted by molar-refractivity contribution is 7.59. The number of aromatic nitrogens is 10. The van der Waals surface area contributed by atoms with Crippen LogP contribution in [0.4, 0.5) is 30.7 Å². The van der Waals surface area contributed by atoms with E-state index in [1.54, 1.807) is 140 Å². The van der Waals surface area contributed by atoms with Crippen LogP contribution in [0.1, 0.15) is 190 Å². The molecule has 10 aromatic heterocycles. The number of amides is 4. The summed E-state index contributed by atoms with van der Waals surface area (Å²) in [6, 6.07) is 42.3. The zero-order chi connectivity index (χ0) is 99.7. The Morgan fingerprint density at radius 1 is 0.385 bits per heavy atom. The number of aromatic carboxylic acids is 1. The van der Waals surface area contributed by atoms with Crippen LogP contribution in [0.25, 0.3) is 56.3 Å². The molecule has 22 rings (SSSR count). The summed E-state index contributed by atoms with van der Waals surface area (Å²) in [7, 11) is 0. The van der Waals surface area contributed by atoms with Crippen LogP contribution in [0, 0.1) is 52.6 Å². The molecule has 143 heavy (non-hydrogen) atoms. The van der Waals surface area contributed by atoms with Crippen LogP contribution < -0.4 is 11.5 Å². The molecule has 740 valence electrons. The summed E-state index contributed by atoms with van der Waals surface area (Å²) in [6.45, 7) is 8.44. The van der Waals surface area contributed by atoms with Gasteiger partial charge in [-0.25, -0.2) is 45.1 Å². The van der Waals surface area contributed by atoms with Gasteiger partial charge in [-0.3, -0.25) is 62.0 Å². The first kappa shape index (κ1) is 102. The van der Waals surface area contributed by atoms with Gasteiger partial charge in [0.2, 0.25) is 0 Å². The first-order valence-corrected chi connectivity index (χ1v) is 50.5. The lowest BCUT2D eigenvalue weighted by atomic mass is 9.93. The summed E-state index contributed by atoms with van der Waals surface area (Å²) in [6.07, 6.45) is 16.8. The molecule has 5 aromatic carbocycles. The van der Waals surface area contributed by atoms with Crippen molar-refractivity contribution < 1.29 is 88.5 Å². The number of ether oxygens (including phenoxy) is 2. The second kappa shape index (κ2) is 45.8. The van der Waals surface area contributed by atoms with Gasteiger partial charge in [-0.15, -0.1) is 56.7 Å². The number of hydrogen-bond donors (Lipinski definition) is 3. The van der Waals surface area contributed by atoms with Crippen molar-refractivity contribution in [3.8, 4) is 56.3 Å². The van der Waals surface area contributed by atoms with Crippen LogP contribution in [-0.4, -0.2) is 156 Å². The molecule has 0 unspecified atom stereocenters. The molecule has 7 aliphatic heterocycles. The van der Waals surface area contributed by atoms with Crippen molar-refractivity contribution in [2.75, 3.05) is 32.8 Å². The minimum atomic E-state index is -0.963. The summed E-state index contributed by atoms with van der Waals surface area (Å²) in [5.74, 6) is -6.14. The monoisotopic (exact) mass is 2060 g/mol. The van der Waals surface area contributed by atoms with E-state index in [0.29, 0.717) is 146 Å². The van der Waals surface area contributed by atoms with E-state index >= 15 is 0 Å².